The number of amides is 1. The van der Waals surface area contributed by atoms with Crippen molar-refractivity contribution in [1.82, 2.24) is 5.32 Å². The summed E-state index contributed by atoms with van der Waals surface area (Å²) in [6.07, 6.45) is -12.4. The second-order valence-electron chi connectivity index (χ2n) is 4.14. The highest BCUT2D eigenvalue weighted by Gasteiger charge is 2.76. The average Bonchev–Trinajstić information content (AvgIpc) is 2.84. The molecule has 0 saturated carbocycles. The Morgan fingerprint density at radius 3 is 2.27 bits per heavy atom. The fourth-order valence-electron chi connectivity index (χ4n) is 1.60. The van der Waals surface area contributed by atoms with Crippen molar-refractivity contribution in [1.29, 1.82) is 0 Å². The summed E-state index contributed by atoms with van der Waals surface area (Å²) >= 11 is 0. The molecular formula is C11H13F6N2O3+. The van der Waals surface area contributed by atoms with E-state index in [4.69, 9.17) is 4.42 Å². The zero-order chi connectivity index (χ0) is 17.0. The molecule has 1 aromatic rings. The number of furan rings is 1. The second-order valence-corrected chi connectivity index (χ2v) is 4.14. The number of rotatable bonds is 5. The molecule has 126 valence electrons. The van der Waals surface area contributed by atoms with Crippen molar-refractivity contribution in [2.75, 3.05) is 6.61 Å². The highest BCUT2D eigenvalue weighted by Crippen LogP contribution is 2.38. The zero-order valence-corrected chi connectivity index (χ0v) is 11.2. The molecule has 0 atom stereocenters. The van der Waals surface area contributed by atoms with Gasteiger partial charge in [0, 0.05) is 0 Å². The van der Waals surface area contributed by atoms with Gasteiger partial charge in [-0.3, -0.25) is 5.32 Å². The van der Waals surface area contributed by atoms with E-state index in [1.54, 1.807) is 0 Å². The van der Waals surface area contributed by atoms with E-state index >= 15 is 0 Å². The molecule has 0 aliphatic carbocycles. The van der Waals surface area contributed by atoms with Crippen molar-refractivity contribution in [3.8, 4) is 0 Å². The van der Waals surface area contributed by atoms with E-state index in [0.717, 1.165) is 11.6 Å². The van der Waals surface area contributed by atoms with E-state index in [0.29, 0.717) is 0 Å². The van der Waals surface area contributed by atoms with Gasteiger partial charge in [0.2, 0.25) is 0 Å². The largest absolute Gasteiger partial charge is 0.476 e. The molecule has 11 heteroatoms. The lowest BCUT2D eigenvalue weighted by molar-refractivity contribution is -0.797. The fourth-order valence-corrected chi connectivity index (χ4v) is 1.60. The number of ether oxygens (including phenoxy) is 1. The van der Waals surface area contributed by atoms with Gasteiger partial charge in [-0.15, -0.1) is 0 Å². The summed E-state index contributed by atoms with van der Waals surface area (Å²) in [5.74, 6) is -0.122. The van der Waals surface area contributed by atoms with Gasteiger partial charge in [-0.1, -0.05) is 0 Å². The van der Waals surface area contributed by atoms with Gasteiger partial charge in [-0.25, -0.2) is 4.79 Å². The van der Waals surface area contributed by atoms with E-state index < -0.39 is 30.7 Å². The van der Waals surface area contributed by atoms with Gasteiger partial charge in [0.25, 0.3) is 0 Å². The first-order valence-electron chi connectivity index (χ1n) is 5.98. The van der Waals surface area contributed by atoms with Gasteiger partial charge in [-0.05, 0) is 19.1 Å². The van der Waals surface area contributed by atoms with Crippen LogP contribution < -0.4 is 10.6 Å². The van der Waals surface area contributed by atoms with E-state index in [2.05, 4.69) is 4.74 Å². The number of carbonyl (C=O) groups excluding carboxylic acids is 1. The number of nitrogens with two attached hydrogens (primary N) is 1. The maximum absolute atomic E-state index is 13.0. The van der Waals surface area contributed by atoms with Crippen LogP contribution in [0.4, 0.5) is 31.1 Å². The van der Waals surface area contributed by atoms with Crippen LogP contribution in [0.2, 0.25) is 0 Å². The third-order valence-corrected chi connectivity index (χ3v) is 2.66. The van der Waals surface area contributed by atoms with Crippen LogP contribution in [0.5, 0.6) is 0 Å². The highest BCUT2D eigenvalue weighted by atomic mass is 19.4. The Bertz CT molecular complexity index is 469. The van der Waals surface area contributed by atoms with Crippen LogP contribution in [0.3, 0.4) is 0 Å². The number of alkyl carbamates (subject to hydrolysis) is 1. The smallest absolute Gasteiger partial charge is 0.463 e. The van der Waals surface area contributed by atoms with E-state index in [1.165, 1.54) is 19.1 Å². The minimum atomic E-state index is -5.81. The summed E-state index contributed by atoms with van der Waals surface area (Å²) in [5.41, 5.74) is -4.54. The molecule has 22 heavy (non-hydrogen) atoms. The summed E-state index contributed by atoms with van der Waals surface area (Å²) in [4.78, 5) is 11.1. The third kappa shape index (κ3) is 3.84. The SMILES string of the molecule is CCOC(=O)NC([NH2+]Cc1ccco1)(C(F)(F)F)C(F)(F)F. The summed E-state index contributed by atoms with van der Waals surface area (Å²) in [6, 6.07) is 2.52. The normalized spacial score (nSPS) is 13.0. The Balaban J connectivity index is 3.11. The van der Waals surface area contributed by atoms with Crippen LogP contribution in [0, 0.1) is 0 Å². The summed E-state index contributed by atoms with van der Waals surface area (Å²) in [5, 5.41) is 0.757. The number of hydrogen-bond donors (Lipinski definition) is 2. The molecule has 1 rings (SSSR count). The molecule has 0 aliphatic rings. The number of halogens is 6. The highest BCUT2D eigenvalue weighted by molar-refractivity contribution is 5.68. The van der Waals surface area contributed by atoms with Crippen LogP contribution in [-0.4, -0.2) is 30.7 Å². The minimum Gasteiger partial charge on any atom is -0.463 e. The molecule has 0 fully saturated rings. The van der Waals surface area contributed by atoms with E-state index in [9.17, 15) is 31.1 Å². The number of nitrogens with one attached hydrogen (secondary N) is 1. The molecule has 0 unspecified atom stereocenters. The molecule has 3 N–H and O–H groups in total. The predicted molar refractivity (Wildman–Crippen MR) is 59.3 cm³/mol. The summed E-state index contributed by atoms with van der Waals surface area (Å²) < 4.78 is 87.1. The lowest BCUT2D eigenvalue weighted by Gasteiger charge is -2.34. The van der Waals surface area contributed by atoms with E-state index in [-0.39, 0.29) is 17.7 Å². The average molecular weight is 335 g/mol. The van der Waals surface area contributed by atoms with Gasteiger partial charge in [-0.2, -0.15) is 26.3 Å². The zero-order valence-electron chi connectivity index (χ0n) is 11.2. The second kappa shape index (κ2) is 6.46. The Labute approximate surface area is 120 Å². The van der Waals surface area contributed by atoms with Crippen LogP contribution in [-0.2, 0) is 11.3 Å². The first kappa shape index (κ1) is 18.1. The Hall–Kier alpha value is -1.91. The topological polar surface area (TPSA) is 68.1 Å². The third-order valence-electron chi connectivity index (χ3n) is 2.66. The Morgan fingerprint density at radius 2 is 1.86 bits per heavy atom. The lowest BCUT2D eigenvalue weighted by Crippen LogP contribution is -3.07. The predicted octanol–water partition coefficient (Wildman–Crippen LogP) is 1.91. The molecular weight excluding hydrogens is 322 g/mol. The van der Waals surface area contributed by atoms with Gasteiger partial charge < -0.3 is 14.5 Å². The van der Waals surface area contributed by atoms with Crippen LogP contribution in [0.25, 0.3) is 0 Å². The van der Waals surface area contributed by atoms with Crippen molar-refractivity contribution < 1.29 is 45.6 Å². The van der Waals surface area contributed by atoms with Gasteiger partial charge in [0.1, 0.15) is 6.54 Å². The standard InChI is InChI=1S/C11H12F6N2O3/c1-2-21-8(20)19-9(10(12,13)14,11(15,16)17)18-6-7-4-3-5-22-7/h3-5,18H,2,6H2,1H3,(H,19,20)/p+1. The Kier molecular flexibility index (Phi) is 5.33. The number of carbonyl (C=O) groups is 1. The molecule has 1 heterocycles. The summed E-state index contributed by atoms with van der Waals surface area (Å²) in [6.45, 7) is 0.0727. The summed E-state index contributed by atoms with van der Waals surface area (Å²) in [7, 11) is 0. The molecule has 0 aromatic carbocycles. The number of alkyl halides is 6. The monoisotopic (exact) mass is 335 g/mol. The fraction of sp³-hybridized carbons (Fsp3) is 0.545. The van der Waals surface area contributed by atoms with Crippen LogP contribution in [0.1, 0.15) is 12.7 Å². The van der Waals surface area contributed by atoms with Gasteiger partial charge in [0.15, 0.2) is 5.76 Å². The Morgan fingerprint density at radius 1 is 1.27 bits per heavy atom. The lowest BCUT2D eigenvalue weighted by atomic mass is 10.1. The van der Waals surface area contributed by atoms with Gasteiger partial charge in [0.05, 0.1) is 12.9 Å². The number of hydrogen-bond acceptors (Lipinski definition) is 3. The van der Waals surface area contributed by atoms with Crippen LogP contribution in [0.15, 0.2) is 22.8 Å². The van der Waals surface area contributed by atoms with E-state index in [1.807, 2.05) is 0 Å². The van der Waals surface area contributed by atoms with Crippen LogP contribution >= 0.6 is 0 Å². The first-order valence-corrected chi connectivity index (χ1v) is 5.98. The number of quaternary nitrogens is 1. The molecule has 0 spiro atoms. The maximum atomic E-state index is 13.0. The van der Waals surface area contributed by atoms with Crippen molar-refractivity contribution in [3.05, 3.63) is 24.2 Å². The molecule has 0 aliphatic heterocycles. The molecule has 0 radical (unpaired) electrons. The minimum absolute atomic E-state index is 0.108. The van der Waals surface area contributed by atoms with Crippen molar-refractivity contribution in [2.24, 2.45) is 0 Å². The molecule has 0 bridgehead atoms. The van der Waals surface area contributed by atoms with Gasteiger partial charge >= 0.3 is 24.1 Å². The molecule has 0 saturated heterocycles. The molecule has 1 aromatic heterocycles. The quantitative estimate of drug-likeness (QED) is 0.638. The first-order chi connectivity index (χ1) is 10.0. The molecule has 1 amide bonds. The maximum Gasteiger partial charge on any atom is 0.476 e. The van der Waals surface area contributed by atoms with Crippen molar-refractivity contribution in [3.63, 3.8) is 0 Å². The van der Waals surface area contributed by atoms with Crippen molar-refractivity contribution >= 4 is 6.09 Å². The van der Waals surface area contributed by atoms with Crippen molar-refractivity contribution in [2.45, 2.75) is 31.5 Å². The molecule has 5 nitrogen and oxygen atoms in total.